The van der Waals surface area contributed by atoms with Crippen LogP contribution in [0.4, 0.5) is 0 Å². The van der Waals surface area contributed by atoms with Gasteiger partial charge in [0.15, 0.2) is 0 Å². The van der Waals surface area contributed by atoms with E-state index in [-0.39, 0.29) is 0 Å². The average Bonchev–Trinajstić information content (AvgIpc) is 2.80. The van der Waals surface area contributed by atoms with E-state index < -0.39 is 0 Å². The molecule has 0 saturated carbocycles. The molecule has 0 saturated heterocycles. The number of unbranched alkanes of at least 4 members (excludes halogenated alkanes) is 6. The molecule has 1 heterocycles. The second kappa shape index (κ2) is 12.3. The minimum Gasteiger partial charge on any atom is -0.256 e. The molecular weight excluding hydrogens is 362 g/mol. The lowest BCUT2D eigenvalue weighted by atomic mass is 9.99. The largest absolute Gasteiger partial charge is 0.256 e. The number of hydrogen-bond donors (Lipinski definition) is 0. The molecule has 1 heteroatoms. The van der Waals surface area contributed by atoms with Crippen molar-refractivity contribution in [2.45, 2.75) is 78.1 Å². The maximum Gasteiger partial charge on any atom is 0.0702 e. The van der Waals surface area contributed by atoms with Crippen LogP contribution in [0.15, 0.2) is 66.9 Å². The number of rotatable bonds is 12. The van der Waals surface area contributed by atoms with Crippen LogP contribution in [0.2, 0.25) is 0 Å². The van der Waals surface area contributed by atoms with E-state index in [1.54, 1.807) is 0 Å². The number of pyridine rings is 1. The number of hydrogen-bond acceptors (Lipinski definition) is 1. The lowest BCUT2D eigenvalue weighted by Gasteiger charge is -2.07. The van der Waals surface area contributed by atoms with Crippen LogP contribution in [-0.2, 0) is 12.8 Å². The molecule has 0 amide bonds. The third-order valence-corrected chi connectivity index (χ3v) is 5.93. The first-order chi connectivity index (χ1) is 14.8. The first-order valence-electron chi connectivity index (χ1n) is 11.9. The van der Waals surface area contributed by atoms with Crippen molar-refractivity contribution >= 4 is 0 Å². The molecule has 30 heavy (non-hydrogen) atoms. The molecule has 1 nitrogen and oxygen atoms in total. The smallest absolute Gasteiger partial charge is 0.0702 e. The molecule has 0 bridgehead atoms. The highest BCUT2D eigenvalue weighted by atomic mass is 14.7. The molecule has 0 atom stereocenters. The number of aryl methyl sites for hydroxylation is 2. The lowest BCUT2D eigenvalue weighted by molar-refractivity contribution is 0.632. The second-order valence-electron chi connectivity index (χ2n) is 8.45. The minimum absolute atomic E-state index is 1.05. The normalized spacial score (nSPS) is 11.0. The van der Waals surface area contributed by atoms with Gasteiger partial charge in [-0.3, -0.25) is 4.98 Å². The van der Waals surface area contributed by atoms with Crippen molar-refractivity contribution in [1.29, 1.82) is 0 Å². The molecule has 0 unspecified atom stereocenters. The third-order valence-electron chi connectivity index (χ3n) is 5.93. The molecule has 0 radical (unpaired) electrons. The highest BCUT2D eigenvalue weighted by molar-refractivity contribution is 5.69. The average molecular weight is 400 g/mol. The van der Waals surface area contributed by atoms with E-state index in [2.05, 4.69) is 79.5 Å². The number of aromatic nitrogens is 1. The molecule has 0 N–H and O–H groups in total. The summed E-state index contributed by atoms with van der Waals surface area (Å²) in [5, 5.41) is 0. The first-order valence-corrected chi connectivity index (χ1v) is 11.9. The predicted octanol–water partition coefficient (Wildman–Crippen LogP) is 8.66. The van der Waals surface area contributed by atoms with Gasteiger partial charge in [0.1, 0.15) is 0 Å². The Hall–Kier alpha value is -2.41. The Morgan fingerprint density at radius 3 is 1.63 bits per heavy atom. The van der Waals surface area contributed by atoms with Gasteiger partial charge < -0.3 is 0 Å². The van der Waals surface area contributed by atoms with E-state index in [1.165, 1.54) is 85.6 Å². The fraction of sp³-hybridized carbons (Fsp3) is 0.414. The fourth-order valence-electron chi connectivity index (χ4n) is 3.95. The van der Waals surface area contributed by atoms with Crippen molar-refractivity contribution in [3.05, 3.63) is 78.0 Å². The zero-order valence-electron chi connectivity index (χ0n) is 18.9. The van der Waals surface area contributed by atoms with E-state index in [4.69, 9.17) is 0 Å². The van der Waals surface area contributed by atoms with Gasteiger partial charge in [-0.25, -0.2) is 0 Å². The lowest BCUT2D eigenvalue weighted by Crippen LogP contribution is -1.90. The maximum absolute atomic E-state index is 4.69. The zero-order chi connectivity index (χ0) is 21.0. The molecular formula is C29H37N. The fourth-order valence-corrected chi connectivity index (χ4v) is 3.95. The minimum atomic E-state index is 1.05. The van der Waals surface area contributed by atoms with Crippen LogP contribution < -0.4 is 0 Å². The van der Waals surface area contributed by atoms with E-state index in [0.717, 1.165) is 12.1 Å². The molecule has 0 spiro atoms. The Bertz CT molecular complexity index is 844. The van der Waals surface area contributed by atoms with Crippen molar-refractivity contribution in [3.63, 3.8) is 0 Å². The number of nitrogens with zero attached hydrogens (tertiary/aromatic N) is 1. The summed E-state index contributed by atoms with van der Waals surface area (Å²) in [6, 6.07) is 22.3. The molecule has 2 aromatic carbocycles. The Morgan fingerprint density at radius 2 is 1.00 bits per heavy atom. The standard InChI is InChI=1S/C29H37N/c1-3-5-7-8-10-11-24-13-16-26(17-14-24)27-18-20-28(21-19-27)29-22-15-25(23-30-29)12-9-6-4-2/h13-23H,3-12H2,1-2H3. The van der Waals surface area contributed by atoms with Crippen LogP contribution in [0.25, 0.3) is 22.4 Å². The second-order valence-corrected chi connectivity index (χ2v) is 8.45. The van der Waals surface area contributed by atoms with Crippen LogP contribution >= 0.6 is 0 Å². The molecule has 0 aliphatic carbocycles. The molecule has 0 fully saturated rings. The highest BCUT2D eigenvalue weighted by Crippen LogP contribution is 2.25. The molecule has 3 rings (SSSR count). The summed E-state index contributed by atoms with van der Waals surface area (Å²) in [5.74, 6) is 0. The molecule has 0 aliphatic heterocycles. The molecule has 0 aliphatic rings. The Kier molecular flexibility index (Phi) is 9.15. The van der Waals surface area contributed by atoms with Crippen molar-refractivity contribution in [1.82, 2.24) is 4.98 Å². The molecule has 1 aromatic heterocycles. The Morgan fingerprint density at radius 1 is 0.500 bits per heavy atom. The van der Waals surface area contributed by atoms with E-state index in [9.17, 15) is 0 Å². The van der Waals surface area contributed by atoms with E-state index in [0.29, 0.717) is 0 Å². The van der Waals surface area contributed by atoms with Crippen molar-refractivity contribution in [2.24, 2.45) is 0 Å². The highest BCUT2D eigenvalue weighted by Gasteiger charge is 2.03. The number of benzene rings is 2. The summed E-state index contributed by atoms with van der Waals surface area (Å²) in [6.45, 7) is 4.52. The maximum atomic E-state index is 4.69. The summed E-state index contributed by atoms with van der Waals surface area (Å²) in [6.07, 6.45) is 14.9. The van der Waals surface area contributed by atoms with Gasteiger partial charge >= 0.3 is 0 Å². The molecule has 3 aromatic rings. The van der Waals surface area contributed by atoms with Crippen molar-refractivity contribution in [2.75, 3.05) is 0 Å². The zero-order valence-corrected chi connectivity index (χ0v) is 18.9. The van der Waals surface area contributed by atoms with Gasteiger partial charge in [0.25, 0.3) is 0 Å². The molecule has 158 valence electrons. The Labute approximate surface area is 183 Å². The SMILES string of the molecule is CCCCCCCc1ccc(-c2ccc(-c3ccc(CCCCC)cn3)cc2)cc1. The summed E-state index contributed by atoms with van der Waals surface area (Å²) in [4.78, 5) is 4.69. The van der Waals surface area contributed by atoms with Gasteiger partial charge in [0.2, 0.25) is 0 Å². The van der Waals surface area contributed by atoms with Gasteiger partial charge in [-0.2, -0.15) is 0 Å². The third kappa shape index (κ3) is 6.83. The van der Waals surface area contributed by atoms with Gasteiger partial charge in [-0.1, -0.05) is 107 Å². The summed E-state index contributed by atoms with van der Waals surface area (Å²) in [5.41, 5.74) is 7.59. The summed E-state index contributed by atoms with van der Waals surface area (Å²) in [7, 11) is 0. The van der Waals surface area contributed by atoms with Gasteiger partial charge in [-0.05, 0) is 54.0 Å². The van der Waals surface area contributed by atoms with E-state index in [1.807, 2.05) is 6.20 Å². The Balaban J connectivity index is 1.56. The monoisotopic (exact) mass is 399 g/mol. The van der Waals surface area contributed by atoms with Gasteiger partial charge in [0.05, 0.1) is 5.69 Å². The van der Waals surface area contributed by atoms with Crippen molar-refractivity contribution < 1.29 is 0 Å². The predicted molar refractivity (Wildman–Crippen MR) is 131 cm³/mol. The summed E-state index contributed by atoms with van der Waals surface area (Å²) >= 11 is 0. The topological polar surface area (TPSA) is 12.9 Å². The van der Waals surface area contributed by atoms with E-state index >= 15 is 0 Å². The van der Waals surface area contributed by atoms with Crippen molar-refractivity contribution in [3.8, 4) is 22.4 Å². The van der Waals surface area contributed by atoms with Crippen LogP contribution in [-0.4, -0.2) is 4.98 Å². The first kappa shape index (κ1) is 22.3. The van der Waals surface area contributed by atoms with Crippen LogP contribution in [0.5, 0.6) is 0 Å². The van der Waals surface area contributed by atoms with Crippen LogP contribution in [0.1, 0.15) is 76.3 Å². The van der Waals surface area contributed by atoms with Crippen LogP contribution in [0.3, 0.4) is 0 Å². The van der Waals surface area contributed by atoms with Gasteiger partial charge in [-0.15, -0.1) is 0 Å². The van der Waals surface area contributed by atoms with Crippen LogP contribution in [0, 0.1) is 0 Å². The summed E-state index contributed by atoms with van der Waals surface area (Å²) < 4.78 is 0. The van der Waals surface area contributed by atoms with Gasteiger partial charge in [0, 0.05) is 11.8 Å². The quantitative estimate of drug-likeness (QED) is 0.278.